The van der Waals surface area contributed by atoms with Crippen LogP contribution >= 0.6 is 23.5 Å². The zero-order valence-corrected chi connectivity index (χ0v) is 11.6. The van der Waals surface area contributed by atoms with Crippen LogP contribution in [0.5, 0.6) is 0 Å². The predicted octanol–water partition coefficient (Wildman–Crippen LogP) is 4.85. The highest BCUT2D eigenvalue weighted by molar-refractivity contribution is 8.01. The molecule has 0 aliphatic rings. The number of hydrogen-bond donors (Lipinski definition) is 0. The maximum absolute atomic E-state index is 2.45. The molecular formula is C12H25S2. The van der Waals surface area contributed by atoms with Crippen molar-refractivity contribution in [2.45, 2.75) is 46.5 Å². The fourth-order valence-electron chi connectivity index (χ4n) is 1.36. The second-order valence-corrected chi connectivity index (χ2v) is 6.03. The Morgan fingerprint density at radius 1 is 1.07 bits per heavy atom. The summed E-state index contributed by atoms with van der Waals surface area (Å²) in [4.78, 5) is 0. The minimum absolute atomic E-state index is 0.853. The molecule has 0 aliphatic heterocycles. The van der Waals surface area contributed by atoms with Crippen molar-refractivity contribution in [1.29, 1.82) is 0 Å². The molecule has 14 heavy (non-hydrogen) atoms. The van der Waals surface area contributed by atoms with Gasteiger partial charge in [0.15, 0.2) is 0 Å². The average molecular weight is 233 g/mol. The topological polar surface area (TPSA) is 0 Å². The summed E-state index contributed by atoms with van der Waals surface area (Å²) in [6.45, 7) is 6.77. The summed E-state index contributed by atoms with van der Waals surface area (Å²) < 4.78 is 0. The molecule has 0 bridgehead atoms. The van der Waals surface area contributed by atoms with Crippen LogP contribution in [0.25, 0.3) is 0 Å². The number of hydrogen-bond acceptors (Lipinski definition) is 2. The smallest absolute Gasteiger partial charge is 0.0197 e. The van der Waals surface area contributed by atoms with E-state index in [9.17, 15) is 0 Å². The Balaban J connectivity index is 3.24. The van der Waals surface area contributed by atoms with Gasteiger partial charge in [0.1, 0.15) is 0 Å². The number of thioether (sulfide) groups is 2. The van der Waals surface area contributed by atoms with Gasteiger partial charge in [0.05, 0.1) is 0 Å². The molecule has 0 saturated heterocycles. The van der Waals surface area contributed by atoms with Gasteiger partial charge in [-0.1, -0.05) is 33.6 Å². The molecule has 1 radical (unpaired) electrons. The van der Waals surface area contributed by atoms with Gasteiger partial charge in [-0.25, -0.2) is 0 Å². The van der Waals surface area contributed by atoms with E-state index in [1.54, 1.807) is 0 Å². The Labute approximate surface area is 99.0 Å². The molecule has 0 N–H and O–H groups in total. The van der Waals surface area contributed by atoms with E-state index in [-0.39, 0.29) is 0 Å². The summed E-state index contributed by atoms with van der Waals surface area (Å²) in [6, 6.07) is 0. The first-order chi connectivity index (χ1) is 6.85. The van der Waals surface area contributed by atoms with Gasteiger partial charge in [-0.05, 0) is 36.0 Å². The molecular weight excluding hydrogens is 208 g/mol. The van der Waals surface area contributed by atoms with E-state index >= 15 is 0 Å². The molecule has 0 fully saturated rings. The molecule has 85 valence electrons. The maximum Gasteiger partial charge on any atom is 0.0197 e. The second kappa shape index (κ2) is 11.8. The molecule has 1 atom stereocenters. The number of rotatable bonds is 10. The lowest BCUT2D eigenvalue weighted by atomic mass is 10.0. The summed E-state index contributed by atoms with van der Waals surface area (Å²) >= 11 is 4.05. The zero-order chi connectivity index (χ0) is 10.6. The predicted molar refractivity (Wildman–Crippen MR) is 73.1 cm³/mol. The highest BCUT2D eigenvalue weighted by Crippen LogP contribution is 2.23. The quantitative estimate of drug-likeness (QED) is 0.495. The third-order valence-corrected chi connectivity index (χ3v) is 4.19. The van der Waals surface area contributed by atoms with Crippen molar-refractivity contribution >= 4 is 23.5 Å². The zero-order valence-electron chi connectivity index (χ0n) is 9.92. The molecule has 0 aliphatic carbocycles. The van der Waals surface area contributed by atoms with Gasteiger partial charge in [-0.2, -0.15) is 23.5 Å². The molecule has 0 amide bonds. The van der Waals surface area contributed by atoms with Crippen LogP contribution in [-0.4, -0.2) is 17.3 Å². The fraction of sp³-hybridized carbons (Fsp3) is 0.917. The van der Waals surface area contributed by atoms with Gasteiger partial charge >= 0.3 is 0 Å². The minimum atomic E-state index is 0.853. The van der Waals surface area contributed by atoms with Crippen LogP contribution < -0.4 is 0 Å². The third kappa shape index (κ3) is 9.26. The monoisotopic (exact) mass is 233 g/mol. The van der Waals surface area contributed by atoms with Gasteiger partial charge in [0.25, 0.3) is 0 Å². The van der Waals surface area contributed by atoms with Gasteiger partial charge in [-0.15, -0.1) is 0 Å². The molecule has 0 nitrogen and oxygen atoms in total. The molecule has 2 heteroatoms. The Morgan fingerprint density at radius 2 is 1.86 bits per heavy atom. The summed E-state index contributed by atoms with van der Waals surface area (Å²) in [5.74, 6) is 7.16. The van der Waals surface area contributed by atoms with Crippen molar-refractivity contribution < 1.29 is 0 Å². The SMILES string of the molecule is CCS[CH]C(CC)CCCCSCC. The van der Waals surface area contributed by atoms with Crippen molar-refractivity contribution in [3.63, 3.8) is 0 Å². The van der Waals surface area contributed by atoms with E-state index in [0.29, 0.717) is 0 Å². The second-order valence-electron chi connectivity index (χ2n) is 3.45. The van der Waals surface area contributed by atoms with E-state index in [2.05, 4.69) is 38.3 Å². The highest BCUT2D eigenvalue weighted by atomic mass is 32.2. The van der Waals surface area contributed by atoms with Crippen LogP contribution in [0.1, 0.15) is 46.5 Å². The van der Waals surface area contributed by atoms with Crippen LogP contribution in [-0.2, 0) is 0 Å². The maximum atomic E-state index is 2.45. The van der Waals surface area contributed by atoms with Gasteiger partial charge in [0, 0.05) is 5.75 Å². The van der Waals surface area contributed by atoms with Gasteiger partial charge in [-0.3, -0.25) is 0 Å². The summed E-state index contributed by atoms with van der Waals surface area (Å²) in [5, 5.41) is 0. The Kier molecular flexibility index (Phi) is 12.4. The molecule has 0 rings (SSSR count). The van der Waals surface area contributed by atoms with Crippen LogP contribution in [0.15, 0.2) is 0 Å². The normalized spacial score (nSPS) is 13.1. The molecule has 0 aromatic rings. The average Bonchev–Trinajstić information content (AvgIpc) is 2.22. The fourth-order valence-corrected chi connectivity index (χ4v) is 2.85. The molecule has 0 aromatic heterocycles. The molecule has 0 spiro atoms. The summed E-state index contributed by atoms with van der Waals surface area (Å²) in [6.07, 6.45) is 5.52. The van der Waals surface area contributed by atoms with Crippen molar-refractivity contribution in [2.75, 3.05) is 17.3 Å². The lowest BCUT2D eigenvalue weighted by Gasteiger charge is -2.12. The van der Waals surface area contributed by atoms with E-state index in [4.69, 9.17) is 0 Å². The van der Waals surface area contributed by atoms with E-state index in [1.165, 1.54) is 42.9 Å². The van der Waals surface area contributed by atoms with Crippen LogP contribution in [0.2, 0.25) is 0 Å². The van der Waals surface area contributed by atoms with Crippen LogP contribution in [0.4, 0.5) is 0 Å². The molecule has 1 unspecified atom stereocenters. The molecule has 0 aromatic carbocycles. The number of unbranched alkanes of at least 4 members (excludes halogenated alkanes) is 1. The summed E-state index contributed by atoms with van der Waals surface area (Å²) in [5.41, 5.74) is 0. The first-order valence-corrected chi connectivity index (χ1v) is 8.08. The van der Waals surface area contributed by atoms with E-state index < -0.39 is 0 Å². The highest BCUT2D eigenvalue weighted by Gasteiger charge is 2.05. The first-order valence-electron chi connectivity index (χ1n) is 5.87. The lowest BCUT2D eigenvalue weighted by Crippen LogP contribution is -1.98. The standard InChI is InChI=1S/C12H25S2/c1-4-12(11-14-6-3)9-7-8-10-13-5-2/h11-12H,4-10H2,1-3H3. The largest absolute Gasteiger partial charge is 0.162 e. The van der Waals surface area contributed by atoms with E-state index in [1.807, 2.05) is 11.8 Å². The molecule has 0 heterocycles. The van der Waals surface area contributed by atoms with Crippen LogP contribution in [0, 0.1) is 11.7 Å². The first kappa shape index (κ1) is 14.7. The third-order valence-electron chi connectivity index (χ3n) is 2.30. The van der Waals surface area contributed by atoms with Crippen LogP contribution in [0.3, 0.4) is 0 Å². The summed E-state index contributed by atoms with van der Waals surface area (Å²) in [7, 11) is 0. The molecule has 0 saturated carbocycles. The van der Waals surface area contributed by atoms with Gasteiger partial charge in [0.2, 0.25) is 0 Å². The van der Waals surface area contributed by atoms with Crippen molar-refractivity contribution in [2.24, 2.45) is 5.92 Å². The van der Waals surface area contributed by atoms with E-state index in [0.717, 1.165) is 5.92 Å². The van der Waals surface area contributed by atoms with Crippen molar-refractivity contribution in [3.05, 3.63) is 5.75 Å². The Morgan fingerprint density at radius 3 is 2.43 bits per heavy atom. The van der Waals surface area contributed by atoms with Crippen molar-refractivity contribution in [3.8, 4) is 0 Å². The minimum Gasteiger partial charge on any atom is -0.162 e. The van der Waals surface area contributed by atoms with Gasteiger partial charge < -0.3 is 0 Å². The lowest BCUT2D eigenvalue weighted by molar-refractivity contribution is 0.531. The Hall–Kier alpha value is 0.700. The van der Waals surface area contributed by atoms with Crippen molar-refractivity contribution in [1.82, 2.24) is 0 Å². The Bertz CT molecular complexity index is 104.